The van der Waals surface area contributed by atoms with Gasteiger partial charge in [0, 0.05) is 9.13 Å². The number of rotatable bonds is 5. The zero-order valence-electron chi connectivity index (χ0n) is 16.0. The lowest BCUT2D eigenvalue weighted by molar-refractivity contribution is 0.0727. The molecule has 3 aromatic carbocycles. The molecular weight excluding hydrogens is 495 g/mol. The van der Waals surface area contributed by atoms with E-state index in [0.717, 1.165) is 3.57 Å². The summed E-state index contributed by atoms with van der Waals surface area (Å²) in [5, 5.41) is 0.522. The molecule has 0 fully saturated rings. The van der Waals surface area contributed by atoms with E-state index in [1.807, 2.05) is 25.1 Å². The highest BCUT2D eigenvalue weighted by atomic mass is 127. The number of H-pyrrole nitrogens is 1. The van der Waals surface area contributed by atoms with E-state index < -0.39 is 5.97 Å². The Balaban J connectivity index is 1.71. The fourth-order valence-electron chi connectivity index (χ4n) is 3.01. The van der Waals surface area contributed by atoms with Gasteiger partial charge in [0.15, 0.2) is 11.5 Å². The normalized spacial score (nSPS) is 10.7. The van der Waals surface area contributed by atoms with Gasteiger partial charge in [0.05, 0.1) is 23.1 Å². The van der Waals surface area contributed by atoms with Crippen molar-refractivity contribution in [3.05, 3.63) is 86.2 Å². The molecule has 0 amide bonds. The number of nitrogens with one attached hydrogen (secondary N) is 1. The molecule has 30 heavy (non-hydrogen) atoms. The Hall–Kier alpha value is -3.20. The van der Waals surface area contributed by atoms with Gasteiger partial charge in [0.1, 0.15) is 5.82 Å². The van der Waals surface area contributed by atoms with Gasteiger partial charge in [-0.1, -0.05) is 24.3 Å². The van der Waals surface area contributed by atoms with Crippen molar-refractivity contribution in [3.63, 3.8) is 0 Å². The van der Waals surface area contributed by atoms with Crippen LogP contribution in [0.4, 0.5) is 0 Å². The standard InChI is InChI=1S/C23H17IN2O4/c1-2-29-20-13-14(21-25-18-10-6-4-8-16(18)22(27)26-21)11-12-19(20)30-23(28)15-7-3-5-9-17(15)24/h3-13H,2H2,1H3,(H,25,26,27). The quantitative estimate of drug-likeness (QED) is 0.236. The maximum absolute atomic E-state index is 12.6. The van der Waals surface area contributed by atoms with Crippen LogP contribution in [-0.2, 0) is 0 Å². The monoisotopic (exact) mass is 512 g/mol. The second kappa shape index (κ2) is 8.66. The Bertz CT molecular complexity index is 1300. The molecule has 150 valence electrons. The summed E-state index contributed by atoms with van der Waals surface area (Å²) in [6.45, 7) is 2.23. The Labute approximate surface area is 186 Å². The molecule has 7 heteroatoms. The number of carbonyl (C=O) groups is 1. The van der Waals surface area contributed by atoms with Crippen molar-refractivity contribution in [2.24, 2.45) is 0 Å². The molecule has 0 aliphatic heterocycles. The molecule has 0 atom stereocenters. The number of fused-ring (bicyclic) bond motifs is 1. The van der Waals surface area contributed by atoms with E-state index in [2.05, 4.69) is 32.6 Å². The number of esters is 1. The molecule has 0 aliphatic rings. The minimum Gasteiger partial charge on any atom is -0.490 e. The summed E-state index contributed by atoms with van der Waals surface area (Å²) in [7, 11) is 0. The highest BCUT2D eigenvalue weighted by molar-refractivity contribution is 14.1. The number of halogens is 1. The molecule has 6 nitrogen and oxygen atoms in total. The Kier molecular flexibility index (Phi) is 5.80. The molecule has 4 rings (SSSR count). The molecular formula is C23H17IN2O4. The molecule has 0 saturated heterocycles. The molecule has 1 heterocycles. The molecule has 1 aromatic heterocycles. The molecule has 0 radical (unpaired) electrons. The van der Waals surface area contributed by atoms with Crippen molar-refractivity contribution in [1.82, 2.24) is 9.97 Å². The molecule has 0 saturated carbocycles. The van der Waals surface area contributed by atoms with Gasteiger partial charge < -0.3 is 14.5 Å². The average Bonchev–Trinajstić information content (AvgIpc) is 2.75. The van der Waals surface area contributed by atoms with Crippen LogP contribution in [-0.4, -0.2) is 22.5 Å². The van der Waals surface area contributed by atoms with Crippen molar-refractivity contribution in [3.8, 4) is 22.9 Å². The first-order chi connectivity index (χ1) is 14.6. The van der Waals surface area contributed by atoms with Crippen molar-refractivity contribution >= 4 is 39.5 Å². The van der Waals surface area contributed by atoms with Crippen molar-refractivity contribution in [1.29, 1.82) is 0 Å². The average molecular weight is 512 g/mol. The van der Waals surface area contributed by atoms with Crippen molar-refractivity contribution in [2.45, 2.75) is 6.92 Å². The van der Waals surface area contributed by atoms with Crippen molar-refractivity contribution < 1.29 is 14.3 Å². The van der Waals surface area contributed by atoms with Gasteiger partial charge in [-0.15, -0.1) is 0 Å². The zero-order valence-corrected chi connectivity index (χ0v) is 18.2. The van der Waals surface area contributed by atoms with E-state index in [4.69, 9.17) is 9.47 Å². The lowest BCUT2D eigenvalue weighted by Crippen LogP contribution is -2.12. The smallest absolute Gasteiger partial charge is 0.344 e. The summed E-state index contributed by atoms with van der Waals surface area (Å²) in [5.41, 5.74) is 1.51. The van der Waals surface area contributed by atoms with E-state index >= 15 is 0 Å². The molecule has 0 unspecified atom stereocenters. The number of carbonyl (C=O) groups excluding carboxylic acids is 1. The maximum Gasteiger partial charge on any atom is 0.344 e. The topological polar surface area (TPSA) is 81.3 Å². The molecule has 4 aromatic rings. The van der Waals surface area contributed by atoms with Crippen LogP contribution in [0.5, 0.6) is 11.5 Å². The van der Waals surface area contributed by atoms with Crippen LogP contribution in [0.15, 0.2) is 71.5 Å². The molecule has 1 N–H and O–H groups in total. The Morgan fingerprint density at radius 2 is 1.80 bits per heavy atom. The van der Waals surface area contributed by atoms with E-state index in [0.29, 0.717) is 46.0 Å². The summed E-state index contributed by atoms with van der Waals surface area (Å²) < 4.78 is 12.1. The summed E-state index contributed by atoms with van der Waals surface area (Å²) in [6.07, 6.45) is 0. The summed E-state index contributed by atoms with van der Waals surface area (Å²) >= 11 is 2.09. The number of nitrogens with zero attached hydrogens (tertiary/aromatic N) is 1. The number of benzene rings is 3. The fraction of sp³-hybridized carbons (Fsp3) is 0.0870. The van der Waals surface area contributed by atoms with Gasteiger partial charge in [-0.25, -0.2) is 9.78 Å². The zero-order chi connectivity index (χ0) is 21.1. The minimum absolute atomic E-state index is 0.220. The van der Waals surface area contributed by atoms with Crippen LogP contribution in [0, 0.1) is 3.57 Å². The largest absolute Gasteiger partial charge is 0.490 e. The number of aromatic nitrogens is 2. The van der Waals surface area contributed by atoms with Gasteiger partial charge >= 0.3 is 5.97 Å². The Morgan fingerprint density at radius 1 is 1.03 bits per heavy atom. The lowest BCUT2D eigenvalue weighted by Gasteiger charge is -2.13. The summed E-state index contributed by atoms with van der Waals surface area (Å²) in [6, 6.07) is 19.4. The third kappa shape index (κ3) is 4.06. The number of hydrogen-bond acceptors (Lipinski definition) is 5. The third-order valence-electron chi connectivity index (χ3n) is 4.43. The molecule has 0 aliphatic carbocycles. The van der Waals surface area contributed by atoms with Crippen LogP contribution in [0.3, 0.4) is 0 Å². The minimum atomic E-state index is -0.467. The lowest BCUT2D eigenvalue weighted by atomic mass is 10.1. The van der Waals surface area contributed by atoms with E-state index in [1.165, 1.54) is 0 Å². The second-order valence-corrected chi connectivity index (χ2v) is 7.56. The summed E-state index contributed by atoms with van der Waals surface area (Å²) in [4.78, 5) is 32.3. The van der Waals surface area contributed by atoms with Crippen LogP contribution in [0.1, 0.15) is 17.3 Å². The first-order valence-corrected chi connectivity index (χ1v) is 10.4. The van der Waals surface area contributed by atoms with Gasteiger partial charge in [-0.2, -0.15) is 0 Å². The highest BCUT2D eigenvalue weighted by Gasteiger charge is 2.16. The van der Waals surface area contributed by atoms with Gasteiger partial charge in [-0.05, 0) is 72.0 Å². The fourth-order valence-corrected chi connectivity index (χ4v) is 3.62. The number of ether oxygens (including phenoxy) is 2. The van der Waals surface area contributed by atoms with Crippen LogP contribution in [0.2, 0.25) is 0 Å². The first kappa shape index (κ1) is 20.1. The second-order valence-electron chi connectivity index (χ2n) is 6.40. The predicted molar refractivity (Wildman–Crippen MR) is 123 cm³/mol. The number of hydrogen-bond donors (Lipinski definition) is 1. The number of para-hydroxylation sites is 1. The maximum atomic E-state index is 12.6. The van der Waals surface area contributed by atoms with Gasteiger partial charge in [-0.3, -0.25) is 4.79 Å². The first-order valence-electron chi connectivity index (χ1n) is 9.30. The van der Waals surface area contributed by atoms with Gasteiger partial charge in [0.2, 0.25) is 0 Å². The summed E-state index contributed by atoms with van der Waals surface area (Å²) in [5.74, 6) is 0.638. The third-order valence-corrected chi connectivity index (χ3v) is 5.37. The van der Waals surface area contributed by atoms with Crippen LogP contribution >= 0.6 is 22.6 Å². The SMILES string of the molecule is CCOc1cc(-c2nc3ccccc3c(=O)[nH]2)ccc1OC(=O)c1ccccc1I. The van der Waals surface area contributed by atoms with Crippen LogP contribution < -0.4 is 15.0 Å². The highest BCUT2D eigenvalue weighted by Crippen LogP contribution is 2.32. The predicted octanol–water partition coefficient (Wildman–Crippen LogP) is 4.81. The van der Waals surface area contributed by atoms with E-state index in [1.54, 1.807) is 48.5 Å². The van der Waals surface area contributed by atoms with E-state index in [-0.39, 0.29) is 5.56 Å². The molecule has 0 bridgehead atoms. The number of aromatic amines is 1. The van der Waals surface area contributed by atoms with Crippen molar-refractivity contribution in [2.75, 3.05) is 6.61 Å². The van der Waals surface area contributed by atoms with Crippen LogP contribution in [0.25, 0.3) is 22.3 Å². The van der Waals surface area contributed by atoms with Gasteiger partial charge in [0.25, 0.3) is 5.56 Å². The molecule has 0 spiro atoms. The Morgan fingerprint density at radius 3 is 2.60 bits per heavy atom. The van der Waals surface area contributed by atoms with E-state index in [9.17, 15) is 9.59 Å².